The van der Waals surface area contributed by atoms with Gasteiger partial charge in [-0.25, -0.2) is 4.39 Å². The van der Waals surface area contributed by atoms with Crippen LogP contribution in [0.15, 0.2) is 261 Å². The lowest BCUT2D eigenvalue weighted by Gasteiger charge is -2.34. The Balaban J connectivity index is 0.862. The Morgan fingerprint density at radius 1 is 0.338 bits per heavy atom. The van der Waals surface area contributed by atoms with Gasteiger partial charge in [-0.2, -0.15) is 0 Å². The van der Waals surface area contributed by atoms with E-state index in [0.29, 0.717) is 0 Å². The first-order chi connectivity index (χ1) is 33.6. The first-order valence-electron chi connectivity index (χ1n) is 23.3. The Morgan fingerprint density at radius 3 is 1.59 bits per heavy atom. The van der Waals surface area contributed by atoms with Gasteiger partial charge in [0.05, 0.1) is 16.4 Å². The highest BCUT2D eigenvalue weighted by Crippen LogP contribution is 2.56. The second-order valence-electron chi connectivity index (χ2n) is 17.8. The van der Waals surface area contributed by atoms with Gasteiger partial charge >= 0.3 is 0 Å². The average Bonchev–Trinajstić information content (AvgIpc) is 3.90. The molecule has 3 heteroatoms. The molecule has 0 saturated heterocycles. The molecule has 0 radical (unpaired) electrons. The van der Waals surface area contributed by atoms with Crippen LogP contribution in [-0.2, 0) is 5.41 Å². The van der Waals surface area contributed by atoms with E-state index in [1.54, 1.807) is 0 Å². The van der Waals surface area contributed by atoms with Crippen molar-refractivity contribution in [1.29, 1.82) is 0 Å². The number of nitrogens with zero attached hydrogens (tertiary/aromatic N) is 2. The largest absolute Gasteiger partial charge is 0.310 e. The van der Waals surface area contributed by atoms with E-state index in [-0.39, 0.29) is 5.82 Å². The Bertz CT molecular complexity index is 3800. The van der Waals surface area contributed by atoms with E-state index in [9.17, 15) is 4.39 Å². The zero-order chi connectivity index (χ0) is 45.2. The number of rotatable bonds is 8. The van der Waals surface area contributed by atoms with Crippen LogP contribution in [0.5, 0.6) is 0 Å². The summed E-state index contributed by atoms with van der Waals surface area (Å²) in [6, 6.07) is 92.8. The lowest BCUT2D eigenvalue weighted by Crippen LogP contribution is -2.28. The maximum absolute atomic E-state index is 14.1. The molecule has 0 unspecified atom stereocenters. The molecule has 0 bridgehead atoms. The molecule has 1 aliphatic carbocycles. The number of halogens is 1. The van der Waals surface area contributed by atoms with Crippen molar-refractivity contribution >= 4 is 49.6 Å². The minimum Gasteiger partial charge on any atom is -0.310 e. The van der Waals surface area contributed by atoms with E-state index in [4.69, 9.17) is 0 Å². The van der Waals surface area contributed by atoms with Gasteiger partial charge in [-0.3, -0.25) is 0 Å². The minimum absolute atomic E-state index is 0.255. The van der Waals surface area contributed by atoms with Crippen LogP contribution in [0.25, 0.3) is 71.6 Å². The zero-order valence-corrected chi connectivity index (χ0v) is 37.1. The molecular weight excluding hydrogens is 828 g/mol. The summed E-state index contributed by atoms with van der Waals surface area (Å²) in [5, 5.41) is 4.77. The van der Waals surface area contributed by atoms with E-state index < -0.39 is 5.41 Å². The Kier molecular flexibility index (Phi) is 9.29. The van der Waals surface area contributed by atoms with Crippen molar-refractivity contribution < 1.29 is 4.39 Å². The van der Waals surface area contributed by atoms with Gasteiger partial charge < -0.3 is 9.47 Å². The zero-order valence-electron chi connectivity index (χ0n) is 37.1. The van der Waals surface area contributed by atoms with Crippen LogP contribution < -0.4 is 4.90 Å². The van der Waals surface area contributed by atoms with Crippen molar-refractivity contribution in [3.8, 4) is 39.1 Å². The molecule has 0 spiro atoms. The smallest absolute Gasteiger partial charge is 0.123 e. The fraction of sp³-hybridized carbons (Fsp3) is 0.0154. The molecule has 0 saturated carbocycles. The van der Waals surface area contributed by atoms with Gasteiger partial charge in [-0.1, -0.05) is 182 Å². The van der Waals surface area contributed by atoms with E-state index in [1.807, 2.05) is 12.1 Å². The summed E-state index contributed by atoms with van der Waals surface area (Å²) in [6.45, 7) is 0. The van der Waals surface area contributed by atoms with Gasteiger partial charge in [0.15, 0.2) is 0 Å². The van der Waals surface area contributed by atoms with Crippen LogP contribution in [0.4, 0.5) is 21.5 Å². The molecule has 2 nitrogen and oxygen atoms in total. The molecule has 1 heterocycles. The highest BCUT2D eigenvalue weighted by molar-refractivity contribution is 6.10. The first kappa shape index (κ1) is 39.6. The quantitative estimate of drug-likeness (QED) is 0.148. The molecule has 320 valence electrons. The molecule has 13 rings (SSSR count). The van der Waals surface area contributed by atoms with E-state index in [1.165, 1.54) is 78.3 Å². The summed E-state index contributed by atoms with van der Waals surface area (Å²) < 4.78 is 16.5. The molecule has 0 N–H and O–H groups in total. The highest BCUT2D eigenvalue weighted by Gasteiger charge is 2.46. The Hall–Kier alpha value is -8.79. The summed E-state index contributed by atoms with van der Waals surface area (Å²) in [7, 11) is 0. The molecule has 0 fully saturated rings. The van der Waals surface area contributed by atoms with Crippen molar-refractivity contribution in [3.05, 3.63) is 289 Å². The number of hydrogen-bond acceptors (Lipinski definition) is 1. The van der Waals surface area contributed by atoms with Crippen LogP contribution in [0.1, 0.15) is 22.3 Å². The third-order valence-corrected chi connectivity index (χ3v) is 14.1. The SMILES string of the molecule is Fc1ccc(N(c2ccc(-c3ccc(-c4ccc5c(c4)c4ccccc4n5-c4ccc5c(c4)C(c4ccccc4)(c4ccccc4)c4ccccc4-5)cc3)cc2)c2ccc3ccccc3c2)cc1. The molecule has 0 aliphatic heterocycles. The Labute approximate surface area is 395 Å². The second-order valence-corrected chi connectivity index (χ2v) is 17.8. The first-order valence-corrected chi connectivity index (χ1v) is 23.3. The van der Waals surface area contributed by atoms with Crippen molar-refractivity contribution in [3.63, 3.8) is 0 Å². The molecule has 1 aliphatic rings. The van der Waals surface area contributed by atoms with Crippen LogP contribution in [-0.4, -0.2) is 4.57 Å². The summed E-state index contributed by atoms with van der Waals surface area (Å²) >= 11 is 0. The predicted molar refractivity (Wildman–Crippen MR) is 281 cm³/mol. The third-order valence-electron chi connectivity index (χ3n) is 14.1. The summed E-state index contributed by atoms with van der Waals surface area (Å²) in [6.07, 6.45) is 0. The van der Waals surface area contributed by atoms with Gasteiger partial charge in [-0.05, 0) is 145 Å². The predicted octanol–water partition coefficient (Wildman–Crippen LogP) is 17.2. The average molecular weight is 871 g/mol. The normalized spacial score (nSPS) is 12.6. The number of hydrogen-bond donors (Lipinski definition) is 0. The fourth-order valence-electron chi connectivity index (χ4n) is 11.0. The number of anilines is 3. The molecule has 1 aromatic heterocycles. The molecule has 0 amide bonds. The standard InChI is InChI=1S/C65H43FN2/c66-52-31-36-54(37-32-52)67(55-35-29-44-13-7-8-14-48(44)41-55)53-33-27-46(28-34-53)45-23-25-47(26-24-45)49-30-40-64-60(42-49)59-20-10-12-22-63(59)68(64)56-38-39-58-57-19-9-11-21-61(57)65(62(58)43-56,50-15-3-1-4-16-50)51-17-5-2-6-18-51/h1-43H. The van der Waals surface area contributed by atoms with Crippen LogP contribution in [0.3, 0.4) is 0 Å². The highest BCUT2D eigenvalue weighted by atomic mass is 19.1. The topological polar surface area (TPSA) is 8.17 Å². The second kappa shape index (κ2) is 16.0. The van der Waals surface area contributed by atoms with Crippen molar-refractivity contribution in [2.45, 2.75) is 5.41 Å². The van der Waals surface area contributed by atoms with Crippen molar-refractivity contribution in [2.75, 3.05) is 4.90 Å². The van der Waals surface area contributed by atoms with E-state index in [2.05, 4.69) is 246 Å². The molecule has 0 atom stereocenters. The lowest BCUT2D eigenvalue weighted by molar-refractivity contribution is 0.628. The lowest BCUT2D eigenvalue weighted by atomic mass is 9.67. The number of fused-ring (bicyclic) bond motifs is 7. The van der Waals surface area contributed by atoms with Gasteiger partial charge in [0, 0.05) is 33.5 Å². The monoisotopic (exact) mass is 870 g/mol. The maximum atomic E-state index is 14.1. The number of benzene rings is 11. The molecular formula is C65H43FN2. The van der Waals surface area contributed by atoms with Gasteiger partial charge in [0.1, 0.15) is 5.82 Å². The third kappa shape index (κ3) is 6.31. The van der Waals surface area contributed by atoms with Crippen molar-refractivity contribution in [1.82, 2.24) is 4.57 Å². The van der Waals surface area contributed by atoms with Crippen molar-refractivity contribution in [2.24, 2.45) is 0 Å². The van der Waals surface area contributed by atoms with Crippen LogP contribution in [0, 0.1) is 5.82 Å². The van der Waals surface area contributed by atoms with Crippen LogP contribution in [0.2, 0.25) is 0 Å². The van der Waals surface area contributed by atoms with Crippen LogP contribution >= 0.6 is 0 Å². The number of aromatic nitrogens is 1. The number of para-hydroxylation sites is 1. The summed E-state index contributed by atoms with van der Waals surface area (Å²) in [5.74, 6) is -0.255. The molecule has 12 aromatic rings. The summed E-state index contributed by atoms with van der Waals surface area (Å²) in [4.78, 5) is 2.18. The maximum Gasteiger partial charge on any atom is 0.123 e. The fourth-order valence-corrected chi connectivity index (χ4v) is 11.0. The van der Waals surface area contributed by atoms with E-state index in [0.717, 1.165) is 44.8 Å². The van der Waals surface area contributed by atoms with Gasteiger partial charge in [-0.15, -0.1) is 0 Å². The van der Waals surface area contributed by atoms with Gasteiger partial charge in [0.25, 0.3) is 0 Å². The van der Waals surface area contributed by atoms with Gasteiger partial charge in [0.2, 0.25) is 0 Å². The molecule has 68 heavy (non-hydrogen) atoms. The molecule has 11 aromatic carbocycles. The summed E-state index contributed by atoms with van der Waals surface area (Å²) in [5.41, 5.74) is 18.2. The Morgan fingerprint density at radius 2 is 0.868 bits per heavy atom. The van der Waals surface area contributed by atoms with E-state index >= 15 is 0 Å². The minimum atomic E-state index is -0.479.